The number of allylic oxidation sites excluding steroid dienone is 1. The van der Waals surface area contributed by atoms with E-state index in [1.807, 2.05) is 19.9 Å². The Kier molecular flexibility index (Phi) is 8.11. The quantitative estimate of drug-likeness (QED) is 0.474. The third kappa shape index (κ3) is 8.04. The molecule has 0 saturated heterocycles. The first kappa shape index (κ1) is 12.7. The van der Waals surface area contributed by atoms with Gasteiger partial charge in [0, 0.05) is 0 Å². The second-order valence-corrected chi connectivity index (χ2v) is 4.01. The average molecular weight is 184 g/mol. The molecule has 78 valence electrons. The fourth-order valence-corrected chi connectivity index (χ4v) is 1.15. The fourth-order valence-electron chi connectivity index (χ4n) is 1.15. The van der Waals surface area contributed by atoms with Gasteiger partial charge in [-0.25, -0.2) is 0 Å². The highest BCUT2D eigenvalue weighted by atomic mass is 16.3. The highest BCUT2D eigenvalue weighted by Crippen LogP contribution is 2.06. The van der Waals surface area contributed by atoms with Crippen molar-refractivity contribution in [3.05, 3.63) is 12.2 Å². The van der Waals surface area contributed by atoms with Gasteiger partial charge < -0.3 is 5.11 Å². The van der Waals surface area contributed by atoms with E-state index in [-0.39, 0.29) is 6.10 Å². The van der Waals surface area contributed by atoms with Crippen molar-refractivity contribution >= 4 is 0 Å². The molecule has 0 bridgehead atoms. The van der Waals surface area contributed by atoms with Crippen molar-refractivity contribution in [2.75, 3.05) is 0 Å². The Labute approximate surface area is 82.9 Å². The Hall–Kier alpha value is -0.300. The van der Waals surface area contributed by atoms with Gasteiger partial charge in [0.1, 0.15) is 0 Å². The van der Waals surface area contributed by atoms with Crippen LogP contribution >= 0.6 is 0 Å². The van der Waals surface area contributed by atoms with Gasteiger partial charge in [-0.1, -0.05) is 52.2 Å². The first-order valence-corrected chi connectivity index (χ1v) is 5.53. The Morgan fingerprint density at radius 1 is 1.15 bits per heavy atom. The molecule has 0 spiro atoms. The van der Waals surface area contributed by atoms with Crippen molar-refractivity contribution in [2.45, 2.75) is 59.0 Å². The average Bonchev–Trinajstić information content (AvgIpc) is 2.10. The van der Waals surface area contributed by atoms with Gasteiger partial charge in [-0.2, -0.15) is 0 Å². The maximum atomic E-state index is 9.44. The van der Waals surface area contributed by atoms with Crippen molar-refractivity contribution < 1.29 is 5.11 Å². The van der Waals surface area contributed by atoms with E-state index in [1.54, 1.807) is 0 Å². The Morgan fingerprint density at radius 2 is 1.85 bits per heavy atom. The molecule has 0 aromatic heterocycles. The minimum absolute atomic E-state index is 0.258. The van der Waals surface area contributed by atoms with Crippen LogP contribution in [0.15, 0.2) is 12.2 Å². The fraction of sp³-hybridized carbons (Fsp3) is 0.833. The van der Waals surface area contributed by atoms with Crippen LogP contribution in [-0.4, -0.2) is 11.2 Å². The summed E-state index contributed by atoms with van der Waals surface area (Å²) in [6, 6.07) is 0. The minimum Gasteiger partial charge on any atom is -0.389 e. The molecule has 0 aliphatic carbocycles. The number of aliphatic hydroxyl groups is 1. The predicted octanol–water partition coefficient (Wildman–Crippen LogP) is 3.53. The van der Waals surface area contributed by atoms with Crippen LogP contribution in [0.1, 0.15) is 52.9 Å². The number of hydrogen-bond acceptors (Lipinski definition) is 1. The highest BCUT2D eigenvalue weighted by molar-refractivity contribution is 4.89. The molecule has 1 N–H and O–H groups in total. The summed E-state index contributed by atoms with van der Waals surface area (Å²) in [5.74, 6) is 0.340. The molecule has 0 aliphatic heterocycles. The predicted molar refractivity (Wildman–Crippen MR) is 58.7 cm³/mol. The van der Waals surface area contributed by atoms with E-state index in [9.17, 15) is 5.11 Å². The van der Waals surface area contributed by atoms with Crippen LogP contribution in [0.5, 0.6) is 0 Å². The van der Waals surface area contributed by atoms with Crippen LogP contribution < -0.4 is 0 Å². The van der Waals surface area contributed by atoms with Crippen LogP contribution in [0, 0.1) is 5.92 Å². The van der Waals surface area contributed by atoms with Crippen molar-refractivity contribution in [2.24, 2.45) is 5.92 Å². The van der Waals surface area contributed by atoms with Gasteiger partial charge in [0.25, 0.3) is 0 Å². The lowest BCUT2D eigenvalue weighted by atomic mass is 10.1. The molecule has 1 nitrogen and oxygen atoms in total. The number of rotatable bonds is 7. The van der Waals surface area contributed by atoms with Gasteiger partial charge in [0.2, 0.25) is 0 Å². The maximum absolute atomic E-state index is 9.44. The summed E-state index contributed by atoms with van der Waals surface area (Å²) in [7, 11) is 0. The number of unbranched alkanes of at least 4 members (excludes halogenated alkanes) is 4. The van der Waals surface area contributed by atoms with Crippen molar-refractivity contribution in [1.82, 2.24) is 0 Å². The van der Waals surface area contributed by atoms with Crippen molar-refractivity contribution in [1.29, 1.82) is 0 Å². The van der Waals surface area contributed by atoms with Gasteiger partial charge in [-0.05, 0) is 18.8 Å². The lowest BCUT2D eigenvalue weighted by Gasteiger charge is -2.08. The monoisotopic (exact) mass is 184 g/mol. The van der Waals surface area contributed by atoms with Crippen LogP contribution in [0.3, 0.4) is 0 Å². The zero-order chi connectivity index (χ0) is 10.1. The van der Waals surface area contributed by atoms with Gasteiger partial charge in [0.15, 0.2) is 0 Å². The maximum Gasteiger partial charge on any atom is 0.0743 e. The largest absolute Gasteiger partial charge is 0.389 e. The Morgan fingerprint density at radius 3 is 2.38 bits per heavy atom. The smallest absolute Gasteiger partial charge is 0.0743 e. The van der Waals surface area contributed by atoms with Crippen LogP contribution in [0.4, 0.5) is 0 Å². The first-order valence-electron chi connectivity index (χ1n) is 5.53. The van der Waals surface area contributed by atoms with E-state index in [2.05, 4.69) is 13.0 Å². The van der Waals surface area contributed by atoms with E-state index in [0.29, 0.717) is 5.92 Å². The summed E-state index contributed by atoms with van der Waals surface area (Å²) in [5, 5.41) is 9.44. The van der Waals surface area contributed by atoms with E-state index >= 15 is 0 Å². The second kappa shape index (κ2) is 8.31. The lowest BCUT2D eigenvalue weighted by Crippen LogP contribution is -2.10. The molecule has 0 rings (SSSR count). The molecule has 0 aliphatic rings. The molecule has 0 aromatic rings. The second-order valence-electron chi connectivity index (χ2n) is 4.01. The molecule has 0 fully saturated rings. The van der Waals surface area contributed by atoms with E-state index in [4.69, 9.17) is 0 Å². The lowest BCUT2D eigenvalue weighted by molar-refractivity contribution is 0.172. The standard InChI is InChI=1S/C12H24O/c1-4-5-6-7-8-9-10-12(13)11(2)3/h9-13H,4-8H2,1-3H3/b10-9+. The summed E-state index contributed by atoms with van der Waals surface area (Å²) in [4.78, 5) is 0. The summed E-state index contributed by atoms with van der Waals surface area (Å²) in [6.07, 6.45) is 10.1. The molecule has 1 unspecified atom stereocenters. The van der Waals surface area contributed by atoms with Gasteiger partial charge >= 0.3 is 0 Å². The summed E-state index contributed by atoms with van der Waals surface area (Å²) in [5.41, 5.74) is 0. The van der Waals surface area contributed by atoms with Gasteiger partial charge in [-0.15, -0.1) is 0 Å². The molecule has 0 aromatic carbocycles. The SMILES string of the molecule is CCCCCC/C=C/C(O)C(C)C. The molecule has 1 heteroatoms. The van der Waals surface area contributed by atoms with Crippen LogP contribution in [0.2, 0.25) is 0 Å². The molecule has 0 heterocycles. The first-order chi connectivity index (χ1) is 6.18. The van der Waals surface area contributed by atoms with E-state index in [1.165, 1.54) is 25.7 Å². The van der Waals surface area contributed by atoms with Crippen molar-refractivity contribution in [3.8, 4) is 0 Å². The third-order valence-corrected chi connectivity index (χ3v) is 2.24. The van der Waals surface area contributed by atoms with Crippen LogP contribution in [0.25, 0.3) is 0 Å². The summed E-state index contributed by atoms with van der Waals surface area (Å²) >= 11 is 0. The van der Waals surface area contributed by atoms with Crippen molar-refractivity contribution in [3.63, 3.8) is 0 Å². The van der Waals surface area contributed by atoms with Gasteiger partial charge in [0.05, 0.1) is 6.10 Å². The molecule has 0 amide bonds. The van der Waals surface area contributed by atoms with Crippen LogP contribution in [-0.2, 0) is 0 Å². The topological polar surface area (TPSA) is 20.2 Å². The number of aliphatic hydroxyl groups excluding tert-OH is 1. The molecule has 13 heavy (non-hydrogen) atoms. The molecule has 0 saturated carbocycles. The minimum atomic E-state index is -0.258. The Bertz CT molecular complexity index is 127. The number of hydrogen-bond donors (Lipinski definition) is 1. The van der Waals surface area contributed by atoms with Gasteiger partial charge in [-0.3, -0.25) is 0 Å². The van der Waals surface area contributed by atoms with E-state index in [0.717, 1.165) is 6.42 Å². The zero-order valence-electron chi connectivity index (χ0n) is 9.29. The summed E-state index contributed by atoms with van der Waals surface area (Å²) < 4.78 is 0. The Balaban J connectivity index is 3.30. The van der Waals surface area contributed by atoms with E-state index < -0.39 is 0 Å². The zero-order valence-corrected chi connectivity index (χ0v) is 9.29. The molecular formula is C12H24O. The molecule has 0 radical (unpaired) electrons. The highest BCUT2D eigenvalue weighted by Gasteiger charge is 2.02. The normalized spacial score (nSPS) is 14.2. The molecule has 1 atom stereocenters. The summed E-state index contributed by atoms with van der Waals surface area (Å²) in [6.45, 7) is 6.29. The molecular weight excluding hydrogens is 160 g/mol. The third-order valence-electron chi connectivity index (χ3n) is 2.24.